The van der Waals surface area contributed by atoms with Gasteiger partial charge in [0.1, 0.15) is 5.82 Å². The number of hydrogen-bond donors (Lipinski definition) is 0. The molecule has 0 saturated carbocycles. The molecule has 0 spiro atoms. The molecule has 4 heteroatoms. The molecular formula is C13H12IrN3-. The molecule has 3 nitrogen and oxygen atoms in total. The Bertz CT molecular complexity index is 501. The maximum atomic E-state index is 4.36. The summed E-state index contributed by atoms with van der Waals surface area (Å²) in [6, 6.07) is 14.2. The molecule has 2 heterocycles. The third-order valence-electron chi connectivity index (χ3n) is 2.71. The first kappa shape index (κ1) is 12.1. The maximum absolute atomic E-state index is 4.36. The van der Waals surface area contributed by atoms with Gasteiger partial charge in [0, 0.05) is 37.7 Å². The molecule has 1 aromatic heterocycles. The molecule has 1 aromatic carbocycles. The molecule has 1 aliphatic rings. The van der Waals surface area contributed by atoms with E-state index in [1.807, 2.05) is 50.2 Å². The molecule has 17 heavy (non-hydrogen) atoms. The molecule has 1 radical (unpaired) electrons. The van der Waals surface area contributed by atoms with Crippen LogP contribution in [0.1, 0.15) is 0 Å². The van der Waals surface area contributed by atoms with Crippen LogP contribution in [0.25, 0.3) is 0 Å². The second kappa shape index (κ2) is 4.86. The van der Waals surface area contributed by atoms with E-state index in [0.29, 0.717) is 0 Å². The zero-order valence-corrected chi connectivity index (χ0v) is 11.8. The fraction of sp³-hybridized carbons (Fsp3) is 0.0769. The summed E-state index contributed by atoms with van der Waals surface area (Å²) in [5, 5.41) is 0. The fourth-order valence-corrected chi connectivity index (χ4v) is 1.94. The van der Waals surface area contributed by atoms with E-state index in [1.165, 1.54) is 11.4 Å². The summed E-state index contributed by atoms with van der Waals surface area (Å²) < 4.78 is 0. The summed E-state index contributed by atoms with van der Waals surface area (Å²) in [4.78, 5) is 8.56. The minimum absolute atomic E-state index is 0. The van der Waals surface area contributed by atoms with Gasteiger partial charge in [-0.2, -0.15) is 0 Å². The van der Waals surface area contributed by atoms with Crippen LogP contribution in [0.2, 0.25) is 0 Å². The van der Waals surface area contributed by atoms with Gasteiger partial charge in [-0.1, -0.05) is 18.2 Å². The molecule has 1 aliphatic heterocycles. The van der Waals surface area contributed by atoms with Gasteiger partial charge >= 0.3 is 0 Å². The Kier molecular flexibility index (Phi) is 3.46. The Morgan fingerprint density at radius 1 is 1.00 bits per heavy atom. The Hall–Kier alpha value is -1.38. The Labute approximate surface area is 114 Å². The van der Waals surface area contributed by atoms with Gasteiger partial charge in [-0.3, -0.25) is 0 Å². The molecular weight excluding hydrogens is 390 g/mol. The van der Waals surface area contributed by atoms with Crippen LogP contribution in [0.15, 0.2) is 48.7 Å². The molecule has 89 valence electrons. The largest absolute Gasteiger partial charge is 0.504 e. The minimum atomic E-state index is 0. The SMILES string of the molecule is CN1[CH-]N(c2ccccn2)c2ccccc21.[Ir]. The maximum Gasteiger partial charge on any atom is 0.104 e. The normalized spacial score (nSPS) is 13.2. The van der Waals surface area contributed by atoms with E-state index in [0.717, 1.165) is 5.82 Å². The molecule has 0 N–H and O–H groups in total. The predicted octanol–water partition coefficient (Wildman–Crippen LogP) is 2.79. The van der Waals surface area contributed by atoms with Crippen LogP contribution in [0.5, 0.6) is 0 Å². The number of benzene rings is 1. The quantitative estimate of drug-likeness (QED) is 0.684. The van der Waals surface area contributed by atoms with Gasteiger partial charge in [0.05, 0.1) is 0 Å². The van der Waals surface area contributed by atoms with Crippen molar-refractivity contribution in [2.75, 3.05) is 16.8 Å². The van der Waals surface area contributed by atoms with Crippen LogP contribution in [0, 0.1) is 6.67 Å². The third kappa shape index (κ3) is 2.06. The van der Waals surface area contributed by atoms with Gasteiger partial charge in [0.2, 0.25) is 0 Å². The Balaban J connectivity index is 0.00000108. The summed E-state index contributed by atoms with van der Waals surface area (Å²) in [7, 11) is 2.04. The van der Waals surface area contributed by atoms with E-state index in [1.54, 1.807) is 0 Å². The van der Waals surface area contributed by atoms with Crippen LogP contribution in [-0.2, 0) is 20.1 Å². The molecule has 0 bridgehead atoms. The zero-order chi connectivity index (χ0) is 11.0. The Morgan fingerprint density at radius 3 is 2.41 bits per heavy atom. The van der Waals surface area contributed by atoms with Crippen molar-refractivity contribution < 1.29 is 20.1 Å². The molecule has 0 unspecified atom stereocenters. The number of fused-ring (bicyclic) bond motifs is 1. The second-order valence-corrected chi connectivity index (χ2v) is 3.77. The van der Waals surface area contributed by atoms with Gasteiger partial charge in [-0.05, 0) is 31.3 Å². The number of aromatic nitrogens is 1. The van der Waals surface area contributed by atoms with Crippen LogP contribution < -0.4 is 9.80 Å². The van der Waals surface area contributed by atoms with Gasteiger partial charge in [-0.25, -0.2) is 4.98 Å². The molecule has 2 aromatic rings. The van der Waals surface area contributed by atoms with Crippen molar-refractivity contribution in [3.05, 3.63) is 55.3 Å². The molecule has 0 aliphatic carbocycles. The van der Waals surface area contributed by atoms with E-state index < -0.39 is 0 Å². The first-order valence-electron chi connectivity index (χ1n) is 5.23. The van der Waals surface area contributed by atoms with Crippen LogP contribution >= 0.6 is 0 Å². The molecule has 0 saturated heterocycles. The van der Waals surface area contributed by atoms with Crippen LogP contribution in [0.4, 0.5) is 17.2 Å². The van der Waals surface area contributed by atoms with Crippen molar-refractivity contribution in [2.24, 2.45) is 0 Å². The first-order valence-corrected chi connectivity index (χ1v) is 5.23. The summed E-state index contributed by atoms with van der Waals surface area (Å²) in [5.41, 5.74) is 2.37. The zero-order valence-electron chi connectivity index (χ0n) is 9.37. The standard InChI is InChI=1S/C13H12N3.Ir/c1-15-10-16(13-8-4-5-9-14-13)12-7-3-2-6-11(12)15;/h2-10H,1H3;/q-1;. The van der Waals surface area contributed by atoms with Crippen molar-refractivity contribution in [1.29, 1.82) is 0 Å². The molecule has 3 rings (SSSR count). The summed E-state index contributed by atoms with van der Waals surface area (Å²) in [6.07, 6.45) is 1.81. The summed E-state index contributed by atoms with van der Waals surface area (Å²) >= 11 is 0. The fourth-order valence-electron chi connectivity index (χ4n) is 1.94. The Morgan fingerprint density at radius 2 is 1.71 bits per heavy atom. The number of hydrogen-bond acceptors (Lipinski definition) is 3. The van der Waals surface area contributed by atoms with E-state index in [-0.39, 0.29) is 20.1 Å². The molecule has 0 amide bonds. The van der Waals surface area contributed by atoms with Crippen molar-refractivity contribution in [3.8, 4) is 0 Å². The third-order valence-corrected chi connectivity index (χ3v) is 2.71. The van der Waals surface area contributed by atoms with E-state index >= 15 is 0 Å². The van der Waals surface area contributed by atoms with Gasteiger partial charge in [0.15, 0.2) is 0 Å². The number of anilines is 3. The average Bonchev–Trinajstić information content (AvgIpc) is 2.69. The van der Waals surface area contributed by atoms with E-state index in [9.17, 15) is 0 Å². The summed E-state index contributed by atoms with van der Waals surface area (Å²) in [6.45, 7) is 2.05. The van der Waals surface area contributed by atoms with Crippen molar-refractivity contribution in [2.45, 2.75) is 0 Å². The van der Waals surface area contributed by atoms with E-state index in [4.69, 9.17) is 0 Å². The van der Waals surface area contributed by atoms with Crippen LogP contribution in [-0.4, -0.2) is 12.0 Å². The number of pyridine rings is 1. The minimum Gasteiger partial charge on any atom is -0.504 e. The van der Waals surface area contributed by atoms with E-state index in [2.05, 4.69) is 26.9 Å². The number of para-hydroxylation sites is 2. The van der Waals surface area contributed by atoms with Gasteiger partial charge in [0.25, 0.3) is 0 Å². The first-order chi connectivity index (χ1) is 7.86. The number of rotatable bonds is 1. The monoisotopic (exact) mass is 403 g/mol. The molecule has 0 fully saturated rings. The van der Waals surface area contributed by atoms with Crippen molar-refractivity contribution >= 4 is 17.2 Å². The van der Waals surface area contributed by atoms with Gasteiger partial charge in [-0.15, -0.1) is 6.67 Å². The number of nitrogens with zero attached hydrogens (tertiary/aromatic N) is 3. The predicted molar refractivity (Wildman–Crippen MR) is 65.5 cm³/mol. The topological polar surface area (TPSA) is 19.4 Å². The molecule has 0 atom stereocenters. The van der Waals surface area contributed by atoms with Crippen molar-refractivity contribution in [3.63, 3.8) is 0 Å². The van der Waals surface area contributed by atoms with Crippen molar-refractivity contribution in [1.82, 2.24) is 4.98 Å². The van der Waals surface area contributed by atoms with Crippen LogP contribution in [0.3, 0.4) is 0 Å². The van der Waals surface area contributed by atoms with Gasteiger partial charge < -0.3 is 9.80 Å². The summed E-state index contributed by atoms with van der Waals surface area (Å²) in [5.74, 6) is 0.944. The average molecular weight is 402 g/mol. The smallest absolute Gasteiger partial charge is 0.104 e. The second-order valence-electron chi connectivity index (χ2n) is 3.77.